The molecule has 2 aliphatic rings. The van der Waals surface area contributed by atoms with Crippen molar-refractivity contribution in [3.63, 3.8) is 0 Å². The van der Waals surface area contributed by atoms with Gasteiger partial charge in [-0.25, -0.2) is 9.88 Å². The summed E-state index contributed by atoms with van der Waals surface area (Å²) < 4.78 is 5.40. The van der Waals surface area contributed by atoms with Crippen LogP contribution in [-0.4, -0.2) is 48.0 Å². The topological polar surface area (TPSA) is 118 Å². The summed E-state index contributed by atoms with van der Waals surface area (Å²) in [6.45, 7) is 4.08. The lowest BCUT2D eigenvalue weighted by Crippen LogP contribution is -2.36. The summed E-state index contributed by atoms with van der Waals surface area (Å²) in [4.78, 5) is 44.5. The lowest BCUT2D eigenvalue weighted by Gasteiger charge is -2.27. The van der Waals surface area contributed by atoms with Crippen molar-refractivity contribution in [1.82, 2.24) is 4.98 Å². The second-order valence-corrected chi connectivity index (χ2v) is 8.36. The molecule has 2 aliphatic heterocycles. The number of imide groups is 1. The number of aromatic nitrogens is 1. The molecule has 0 spiro atoms. The monoisotopic (exact) mass is 485 g/mol. The van der Waals surface area contributed by atoms with Gasteiger partial charge in [0.15, 0.2) is 0 Å². The van der Waals surface area contributed by atoms with Crippen molar-refractivity contribution >= 4 is 46.0 Å². The minimum Gasteiger partial charge on any atom is -0.378 e. The van der Waals surface area contributed by atoms with E-state index in [2.05, 4.69) is 15.2 Å². The van der Waals surface area contributed by atoms with Crippen molar-refractivity contribution in [2.24, 2.45) is 0 Å². The van der Waals surface area contributed by atoms with Gasteiger partial charge in [-0.05, 0) is 23.8 Å². The van der Waals surface area contributed by atoms with Crippen LogP contribution in [-0.2, 0) is 14.3 Å². The molecule has 3 heterocycles. The summed E-state index contributed by atoms with van der Waals surface area (Å²) >= 11 is 0. The highest BCUT2D eigenvalue weighted by Crippen LogP contribution is 2.42. The van der Waals surface area contributed by atoms with Gasteiger partial charge in [0, 0.05) is 37.7 Å². The largest absolute Gasteiger partial charge is 0.378 e. The minimum atomic E-state index is -0.553. The first-order chi connectivity index (χ1) is 17.4. The number of hydrogen-bond acceptors (Lipinski definition) is 8. The van der Waals surface area contributed by atoms with Crippen LogP contribution < -0.4 is 15.1 Å². The zero-order valence-electron chi connectivity index (χ0n) is 19.5. The van der Waals surface area contributed by atoms with E-state index in [0.717, 1.165) is 23.8 Å². The fourth-order valence-electron chi connectivity index (χ4n) is 4.39. The van der Waals surface area contributed by atoms with Crippen LogP contribution in [0.4, 0.5) is 22.9 Å². The Balaban J connectivity index is 1.61. The van der Waals surface area contributed by atoms with Crippen LogP contribution in [0.3, 0.4) is 0 Å². The van der Waals surface area contributed by atoms with Crippen molar-refractivity contribution in [1.29, 1.82) is 0 Å². The number of anilines is 3. The van der Waals surface area contributed by atoms with Crippen LogP contribution in [0.1, 0.15) is 18.1 Å². The predicted octanol–water partition coefficient (Wildman–Crippen LogP) is 3.70. The first-order valence-electron chi connectivity index (χ1n) is 11.4. The number of morpholine rings is 1. The Morgan fingerprint density at radius 3 is 2.47 bits per heavy atom. The number of nitrogens with one attached hydrogen (secondary N) is 1. The smallest absolute Gasteiger partial charge is 0.271 e. The van der Waals surface area contributed by atoms with Gasteiger partial charge >= 0.3 is 0 Å². The van der Waals surface area contributed by atoms with Crippen LogP contribution in [0.25, 0.3) is 11.3 Å². The highest BCUT2D eigenvalue weighted by atomic mass is 16.6. The standard InChI is InChI=1S/C26H23N5O5/c1-17(32)30-22-15-20(31(34)35)8-9-21(22)24(26(30)33)25(18-5-3-2-4-6-18)28-19-7-10-23(27-16-19)29-11-13-36-14-12-29/h2-10,15-16,28H,11-14H2,1H3/b25-24-. The normalized spacial score (nSPS) is 16.5. The first-order valence-corrected chi connectivity index (χ1v) is 11.4. The van der Waals surface area contributed by atoms with Gasteiger partial charge in [-0.3, -0.25) is 19.7 Å². The molecule has 10 heteroatoms. The van der Waals surface area contributed by atoms with Crippen LogP contribution in [0.5, 0.6) is 0 Å². The van der Waals surface area contributed by atoms with Gasteiger partial charge in [-0.1, -0.05) is 30.3 Å². The summed E-state index contributed by atoms with van der Waals surface area (Å²) in [6, 6.07) is 17.1. The Hall–Kier alpha value is -4.57. The molecule has 3 aromatic rings. The fraction of sp³-hybridized carbons (Fsp3) is 0.192. The van der Waals surface area contributed by atoms with Gasteiger partial charge < -0.3 is 15.0 Å². The van der Waals surface area contributed by atoms with Crippen molar-refractivity contribution in [3.8, 4) is 0 Å². The number of rotatable bonds is 5. The molecular weight excluding hydrogens is 462 g/mol. The first kappa shape index (κ1) is 23.2. The maximum atomic E-state index is 13.6. The van der Waals surface area contributed by atoms with E-state index in [0.29, 0.717) is 35.7 Å². The number of hydrogen-bond donors (Lipinski definition) is 1. The fourth-order valence-corrected chi connectivity index (χ4v) is 4.39. The molecule has 1 aromatic heterocycles. The average molecular weight is 486 g/mol. The van der Waals surface area contributed by atoms with Gasteiger partial charge in [0.1, 0.15) is 5.82 Å². The van der Waals surface area contributed by atoms with E-state index >= 15 is 0 Å². The van der Waals surface area contributed by atoms with Gasteiger partial charge in [-0.2, -0.15) is 0 Å². The number of carbonyl (C=O) groups excluding carboxylic acids is 2. The Kier molecular flexibility index (Phi) is 6.17. The van der Waals surface area contributed by atoms with Gasteiger partial charge in [-0.15, -0.1) is 0 Å². The molecule has 1 fully saturated rings. The number of pyridine rings is 1. The molecule has 36 heavy (non-hydrogen) atoms. The average Bonchev–Trinajstić information content (AvgIpc) is 3.19. The van der Waals surface area contributed by atoms with E-state index in [9.17, 15) is 19.7 Å². The number of nitro benzene ring substituents is 1. The third-order valence-corrected chi connectivity index (χ3v) is 6.10. The van der Waals surface area contributed by atoms with E-state index in [1.165, 1.54) is 25.1 Å². The summed E-state index contributed by atoms with van der Waals surface area (Å²) in [6.07, 6.45) is 1.69. The molecule has 0 unspecified atom stereocenters. The van der Waals surface area contributed by atoms with Crippen molar-refractivity contribution in [3.05, 3.63) is 88.1 Å². The zero-order valence-corrected chi connectivity index (χ0v) is 19.5. The number of ether oxygens (including phenoxy) is 1. The molecule has 0 atom stereocenters. The Bertz CT molecular complexity index is 1370. The summed E-state index contributed by atoms with van der Waals surface area (Å²) in [5.74, 6) is -0.252. The van der Waals surface area contributed by atoms with Crippen LogP contribution in [0.15, 0.2) is 66.9 Å². The third kappa shape index (κ3) is 4.29. The number of nitro groups is 1. The Morgan fingerprint density at radius 2 is 1.83 bits per heavy atom. The van der Waals surface area contributed by atoms with E-state index in [1.807, 2.05) is 42.5 Å². The molecule has 10 nitrogen and oxygen atoms in total. The second-order valence-electron chi connectivity index (χ2n) is 8.36. The highest BCUT2D eigenvalue weighted by Gasteiger charge is 2.38. The molecule has 1 saturated heterocycles. The molecule has 0 saturated carbocycles. The van der Waals surface area contributed by atoms with Crippen molar-refractivity contribution in [2.45, 2.75) is 6.92 Å². The van der Waals surface area contributed by atoms with Gasteiger partial charge in [0.2, 0.25) is 5.91 Å². The number of fused-ring (bicyclic) bond motifs is 1. The number of carbonyl (C=O) groups is 2. The SMILES string of the molecule is CC(=O)N1C(=O)/C(=C(\Nc2ccc(N3CCOCC3)nc2)c2ccccc2)c2ccc([N+](=O)[O-])cc21. The lowest BCUT2D eigenvalue weighted by atomic mass is 10.00. The maximum absolute atomic E-state index is 13.6. The summed E-state index contributed by atoms with van der Waals surface area (Å²) in [5.41, 5.74) is 2.51. The van der Waals surface area contributed by atoms with E-state index in [4.69, 9.17) is 4.74 Å². The van der Waals surface area contributed by atoms with E-state index in [1.54, 1.807) is 6.20 Å². The Morgan fingerprint density at radius 1 is 1.08 bits per heavy atom. The second kappa shape index (κ2) is 9.59. The lowest BCUT2D eigenvalue weighted by molar-refractivity contribution is -0.384. The number of benzene rings is 2. The summed E-state index contributed by atoms with van der Waals surface area (Å²) in [7, 11) is 0. The van der Waals surface area contributed by atoms with Crippen LogP contribution >= 0.6 is 0 Å². The van der Waals surface area contributed by atoms with E-state index < -0.39 is 16.7 Å². The highest BCUT2D eigenvalue weighted by molar-refractivity contribution is 6.43. The maximum Gasteiger partial charge on any atom is 0.271 e. The zero-order chi connectivity index (χ0) is 25.2. The van der Waals surface area contributed by atoms with Crippen LogP contribution in [0, 0.1) is 10.1 Å². The molecule has 0 aliphatic carbocycles. The number of amides is 2. The molecule has 0 bridgehead atoms. The number of nitrogens with zero attached hydrogens (tertiary/aromatic N) is 4. The quantitative estimate of drug-likeness (QED) is 0.330. The molecule has 2 amide bonds. The molecule has 2 aromatic carbocycles. The van der Waals surface area contributed by atoms with Crippen molar-refractivity contribution < 1.29 is 19.2 Å². The predicted molar refractivity (Wildman–Crippen MR) is 135 cm³/mol. The summed E-state index contributed by atoms with van der Waals surface area (Å²) in [5, 5.41) is 14.7. The minimum absolute atomic E-state index is 0.188. The molecule has 182 valence electrons. The number of non-ortho nitro benzene ring substituents is 1. The molecular formula is C26H23N5O5. The molecule has 5 rings (SSSR count). The van der Waals surface area contributed by atoms with Gasteiger partial charge in [0.05, 0.1) is 47.0 Å². The van der Waals surface area contributed by atoms with Crippen LogP contribution in [0.2, 0.25) is 0 Å². The van der Waals surface area contributed by atoms with E-state index in [-0.39, 0.29) is 16.9 Å². The van der Waals surface area contributed by atoms with Crippen molar-refractivity contribution in [2.75, 3.05) is 41.4 Å². The Labute approximate surface area is 207 Å². The van der Waals surface area contributed by atoms with Gasteiger partial charge in [0.25, 0.3) is 11.6 Å². The molecule has 0 radical (unpaired) electrons. The molecule has 1 N–H and O–H groups in total. The third-order valence-electron chi connectivity index (χ3n) is 6.10.